The van der Waals surface area contributed by atoms with Crippen molar-refractivity contribution in [1.29, 1.82) is 0 Å². The Morgan fingerprint density at radius 3 is 2.75 bits per heavy atom. The zero-order chi connectivity index (χ0) is 17.1. The van der Waals surface area contributed by atoms with Crippen LogP contribution in [-0.4, -0.2) is 21.2 Å². The van der Waals surface area contributed by atoms with E-state index in [9.17, 15) is 4.79 Å². The van der Waals surface area contributed by atoms with Gasteiger partial charge in [-0.2, -0.15) is 0 Å². The van der Waals surface area contributed by atoms with Crippen LogP contribution in [0.3, 0.4) is 0 Å². The molecule has 0 unspecified atom stereocenters. The predicted octanol–water partition coefficient (Wildman–Crippen LogP) is 5.09. The van der Waals surface area contributed by atoms with Gasteiger partial charge >= 0.3 is 0 Å². The number of carbonyl (C=O) groups is 1. The number of para-hydroxylation sites is 2. The zero-order valence-electron chi connectivity index (χ0n) is 12.9. The second-order valence-corrected chi connectivity index (χ2v) is 6.85. The molecule has 24 heavy (non-hydrogen) atoms. The van der Waals surface area contributed by atoms with Gasteiger partial charge in [0.05, 0.1) is 26.8 Å². The van der Waals surface area contributed by atoms with Crippen LogP contribution in [0, 0.1) is 0 Å². The summed E-state index contributed by atoms with van der Waals surface area (Å²) < 4.78 is 2.10. The molecule has 3 rings (SSSR count). The Bertz CT molecular complexity index is 895. The fourth-order valence-electron chi connectivity index (χ4n) is 2.37. The first-order valence-corrected chi connectivity index (χ1v) is 9.15. The minimum Gasteiger partial charge on any atom is -0.325 e. The van der Waals surface area contributed by atoms with Crippen LogP contribution in [0.25, 0.3) is 11.0 Å². The van der Waals surface area contributed by atoms with Crippen molar-refractivity contribution in [2.45, 2.75) is 18.6 Å². The number of nitrogens with zero attached hydrogens (tertiary/aromatic N) is 2. The number of rotatable bonds is 5. The van der Waals surface area contributed by atoms with Crippen LogP contribution < -0.4 is 5.32 Å². The lowest BCUT2D eigenvalue weighted by Gasteiger charge is -2.07. The summed E-state index contributed by atoms with van der Waals surface area (Å²) in [7, 11) is 0. The van der Waals surface area contributed by atoms with Crippen molar-refractivity contribution in [2.75, 3.05) is 11.1 Å². The minimum absolute atomic E-state index is 0.118. The third kappa shape index (κ3) is 3.69. The van der Waals surface area contributed by atoms with Crippen molar-refractivity contribution >= 4 is 57.6 Å². The van der Waals surface area contributed by atoms with E-state index in [1.165, 1.54) is 11.8 Å². The highest BCUT2D eigenvalue weighted by Gasteiger charge is 2.12. The summed E-state index contributed by atoms with van der Waals surface area (Å²) in [4.78, 5) is 16.7. The Morgan fingerprint density at radius 1 is 1.21 bits per heavy atom. The van der Waals surface area contributed by atoms with Crippen LogP contribution in [-0.2, 0) is 11.3 Å². The number of amides is 1. The lowest BCUT2D eigenvalue weighted by Crippen LogP contribution is -2.14. The quantitative estimate of drug-likeness (QED) is 0.627. The van der Waals surface area contributed by atoms with E-state index in [2.05, 4.69) is 21.8 Å². The monoisotopic (exact) mass is 379 g/mol. The highest BCUT2D eigenvalue weighted by molar-refractivity contribution is 7.99. The molecule has 1 aromatic heterocycles. The number of hydrogen-bond acceptors (Lipinski definition) is 3. The van der Waals surface area contributed by atoms with Crippen molar-refractivity contribution in [1.82, 2.24) is 9.55 Å². The minimum atomic E-state index is -0.118. The maximum absolute atomic E-state index is 12.2. The van der Waals surface area contributed by atoms with Crippen LogP contribution in [0.2, 0.25) is 10.0 Å². The Balaban J connectivity index is 1.69. The number of halogens is 2. The standard InChI is InChI=1S/C17H15Cl2N3OS/c1-2-22-15-6-4-3-5-14(15)21-17(22)24-10-16(23)20-11-7-8-12(18)13(19)9-11/h3-9H,2,10H2,1H3,(H,20,23). The van der Waals surface area contributed by atoms with E-state index < -0.39 is 0 Å². The number of carbonyl (C=O) groups excluding carboxylic acids is 1. The van der Waals surface area contributed by atoms with Gasteiger partial charge < -0.3 is 9.88 Å². The smallest absolute Gasteiger partial charge is 0.234 e. The molecule has 0 radical (unpaired) electrons. The van der Waals surface area contributed by atoms with Crippen molar-refractivity contribution in [2.24, 2.45) is 0 Å². The number of imidazole rings is 1. The fraction of sp³-hybridized carbons (Fsp3) is 0.176. The number of benzene rings is 2. The molecule has 0 bridgehead atoms. The number of nitrogens with one attached hydrogen (secondary N) is 1. The molecule has 124 valence electrons. The van der Waals surface area contributed by atoms with Gasteiger partial charge in [0.1, 0.15) is 0 Å². The Kier molecular flexibility index (Phi) is 5.33. The molecule has 0 atom stereocenters. The third-order valence-electron chi connectivity index (χ3n) is 3.47. The van der Waals surface area contributed by atoms with Gasteiger partial charge in [-0.25, -0.2) is 4.98 Å². The van der Waals surface area contributed by atoms with E-state index in [4.69, 9.17) is 23.2 Å². The molecule has 0 saturated carbocycles. The summed E-state index contributed by atoms with van der Waals surface area (Å²) in [6, 6.07) is 13.0. The summed E-state index contributed by atoms with van der Waals surface area (Å²) in [6.07, 6.45) is 0. The maximum Gasteiger partial charge on any atom is 0.234 e. The lowest BCUT2D eigenvalue weighted by molar-refractivity contribution is -0.113. The van der Waals surface area contributed by atoms with Gasteiger partial charge in [0.25, 0.3) is 0 Å². The van der Waals surface area contributed by atoms with E-state index in [1.807, 2.05) is 24.3 Å². The number of thioether (sulfide) groups is 1. The molecule has 1 amide bonds. The molecule has 2 aromatic carbocycles. The average molecular weight is 380 g/mol. The Labute approximate surface area is 154 Å². The fourth-order valence-corrected chi connectivity index (χ4v) is 3.55. The number of aromatic nitrogens is 2. The topological polar surface area (TPSA) is 46.9 Å². The molecule has 0 aliphatic heterocycles. The molecule has 0 aliphatic carbocycles. The molecule has 1 N–H and O–H groups in total. The van der Waals surface area contributed by atoms with E-state index in [1.54, 1.807) is 18.2 Å². The molecule has 0 aliphatic rings. The van der Waals surface area contributed by atoms with Gasteiger partial charge in [-0.1, -0.05) is 47.1 Å². The number of aryl methyl sites for hydroxylation is 1. The summed E-state index contributed by atoms with van der Waals surface area (Å²) in [5.41, 5.74) is 2.64. The van der Waals surface area contributed by atoms with Crippen LogP contribution >= 0.6 is 35.0 Å². The first-order valence-electron chi connectivity index (χ1n) is 7.41. The van der Waals surface area contributed by atoms with Gasteiger partial charge in [0, 0.05) is 12.2 Å². The molecule has 0 fully saturated rings. The highest BCUT2D eigenvalue weighted by atomic mass is 35.5. The van der Waals surface area contributed by atoms with Crippen molar-refractivity contribution in [3.63, 3.8) is 0 Å². The predicted molar refractivity (Wildman–Crippen MR) is 101 cm³/mol. The van der Waals surface area contributed by atoms with Gasteiger partial charge in [0.15, 0.2) is 5.16 Å². The Hall–Kier alpha value is -1.69. The lowest BCUT2D eigenvalue weighted by atomic mass is 10.3. The second-order valence-electron chi connectivity index (χ2n) is 5.09. The van der Waals surface area contributed by atoms with E-state index >= 15 is 0 Å². The third-order valence-corrected chi connectivity index (χ3v) is 5.19. The summed E-state index contributed by atoms with van der Waals surface area (Å²) in [5, 5.41) is 4.52. The van der Waals surface area contributed by atoms with E-state index in [-0.39, 0.29) is 11.7 Å². The van der Waals surface area contributed by atoms with Gasteiger partial charge in [-0.3, -0.25) is 4.79 Å². The van der Waals surface area contributed by atoms with Crippen molar-refractivity contribution in [3.05, 3.63) is 52.5 Å². The maximum atomic E-state index is 12.2. The molecule has 4 nitrogen and oxygen atoms in total. The van der Waals surface area contributed by atoms with Crippen LogP contribution in [0.4, 0.5) is 5.69 Å². The highest BCUT2D eigenvalue weighted by Crippen LogP contribution is 2.26. The second kappa shape index (κ2) is 7.47. The van der Waals surface area contributed by atoms with Crippen LogP contribution in [0.5, 0.6) is 0 Å². The van der Waals surface area contributed by atoms with Gasteiger partial charge in [0.2, 0.25) is 5.91 Å². The summed E-state index contributed by atoms with van der Waals surface area (Å²) in [6.45, 7) is 2.87. The van der Waals surface area contributed by atoms with E-state index in [0.29, 0.717) is 15.7 Å². The van der Waals surface area contributed by atoms with Crippen LogP contribution in [0.15, 0.2) is 47.6 Å². The van der Waals surface area contributed by atoms with E-state index in [0.717, 1.165) is 22.7 Å². The van der Waals surface area contributed by atoms with Gasteiger partial charge in [-0.15, -0.1) is 0 Å². The molecule has 3 aromatic rings. The van der Waals surface area contributed by atoms with Crippen molar-refractivity contribution < 1.29 is 4.79 Å². The molecule has 1 heterocycles. The molecular weight excluding hydrogens is 365 g/mol. The van der Waals surface area contributed by atoms with Crippen molar-refractivity contribution in [3.8, 4) is 0 Å². The summed E-state index contributed by atoms with van der Waals surface area (Å²) in [5.74, 6) is 0.150. The summed E-state index contributed by atoms with van der Waals surface area (Å²) >= 11 is 13.2. The normalized spacial score (nSPS) is 11.0. The first kappa shape index (κ1) is 17.1. The zero-order valence-corrected chi connectivity index (χ0v) is 15.3. The molecule has 0 spiro atoms. The SMILES string of the molecule is CCn1c(SCC(=O)Nc2ccc(Cl)c(Cl)c2)nc2ccccc21. The number of anilines is 1. The van der Waals surface area contributed by atoms with Crippen LogP contribution in [0.1, 0.15) is 6.92 Å². The Morgan fingerprint density at radius 2 is 2.00 bits per heavy atom. The molecular formula is C17H15Cl2N3OS. The average Bonchev–Trinajstić information content (AvgIpc) is 2.94. The molecule has 0 saturated heterocycles. The first-order chi connectivity index (χ1) is 11.6. The largest absolute Gasteiger partial charge is 0.325 e. The number of fused-ring (bicyclic) bond motifs is 1. The van der Waals surface area contributed by atoms with Gasteiger partial charge in [-0.05, 0) is 37.3 Å². The molecule has 7 heteroatoms. The number of hydrogen-bond donors (Lipinski definition) is 1.